The van der Waals surface area contributed by atoms with Gasteiger partial charge in [0.15, 0.2) is 0 Å². The van der Waals surface area contributed by atoms with E-state index in [1.165, 1.54) is 64.3 Å². The largest absolute Gasteiger partial charge is 0.356 e. The van der Waals surface area contributed by atoms with Crippen molar-refractivity contribution in [2.24, 2.45) is 5.92 Å². The minimum Gasteiger partial charge on any atom is -0.356 e. The van der Waals surface area contributed by atoms with Crippen molar-refractivity contribution in [3.8, 4) is 0 Å². The topological polar surface area (TPSA) is 85.4 Å². The number of rotatable bonds is 8. The van der Waals surface area contributed by atoms with Crippen LogP contribution >= 0.6 is 0 Å². The summed E-state index contributed by atoms with van der Waals surface area (Å²) in [6, 6.07) is 3.44. The predicted molar refractivity (Wildman–Crippen MR) is 145 cm³/mol. The van der Waals surface area contributed by atoms with Gasteiger partial charge in [-0.3, -0.25) is 9.69 Å². The first-order valence-corrected chi connectivity index (χ1v) is 14.9. The number of nitrogens with zero attached hydrogens (tertiary/aromatic N) is 4. The molecule has 3 N–H and O–H groups in total. The van der Waals surface area contributed by atoms with Crippen molar-refractivity contribution in [1.82, 2.24) is 25.5 Å². The van der Waals surface area contributed by atoms with E-state index in [9.17, 15) is 4.79 Å². The first kappa shape index (κ1) is 25.7. The molecule has 3 saturated heterocycles. The molecule has 4 aliphatic rings. The van der Waals surface area contributed by atoms with Crippen molar-refractivity contribution in [2.75, 3.05) is 49.5 Å². The fourth-order valence-corrected chi connectivity index (χ4v) is 6.94. The molecule has 8 nitrogen and oxygen atoms in total. The zero-order valence-corrected chi connectivity index (χ0v) is 22.1. The molecular weight excluding hydrogens is 450 g/mol. The Bertz CT molecular complexity index is 818. The number of likely N-dealkylation sites (tertiary alicyclic amines) is 1. The molecule has 36 heavy (non-hydrogen) atoms. The molecule has 1 aromatic heterocycles. The van der Waals surface area contributed by atoms with Crippen LogP contribution in [0.15, 0.2) is 12.3 Å². The van der Waals surface area contributed by atoms with E-state index < -0.39 is 0 Å². The highest BCUT2D eigenvalue weighted by molar-refractivity contribution is 5.78. The van der Waals surface area contributed by atoms with E-state index in [1.54, 1.807) is 0 Å². The summed E-state index contributed by atoms with van der Waals surface area (Å²) in [5, 5.41) is 10.4. The summed E-state index contributed by atoms with van der Waals surface area (Å²) in [5.41, 5.74) is 0. The Morgan fingerprint density at radius 1 is 0.944 bits per heavy atom. The third-order valence-corrected chi connectivity index (χ3v) is 8.95. The van der Waals surface area contributed by atoms with E-state index in [-0.39, 0.29) is 11.8 Å². The summed E-state index contributed by atoms with van der Waals surface area (Å²) in [5.74, 6) is 2.24. The lowest BCUT2D eigenvalue weighted by Crippen LogP contribution is -2.56. The van der Waals surface area contributed by atoms with E-state index in [4.69, 9.17) is 4.98 Å². The molecule has 2 unspecified atom stereocenters. The van der Waals surface area contributed by atoms with Gasteiger partial charge in [-0.2, -0.15) is 4.98 Å². The highest BCUT2D eigenvalue weighted by atomic mass is 16.1. The van der Waals surface area contributed by atoms with Gasteiger partial charge in [-0.25, -0.2) is 4.98 Å². The minimum atomic E-state index is 0.173. The van der Waals surface area contributed by atoms with Crippen LogP contribution in [-0.4, -0.2) is 78.2 Å². The van der Waals surface area contributed by atoms with Gasteiger partial charge in [0.1, 0.15) is 5.82 Å². The molecule has 1 amide bonds. The van der Waals surface area contributed by atoms with Crippen LogP contribution in [0.2, 0.25) is 0 Å². The Kier molecular flexibility index (Phi) is 9.31. The number of nitrogens with one attached hydrogen (secondary N) is 3. The van der Waals surface area contributed by atoms with Crippen LogP contribution in [-0.2, 0) is 4.79 Å². The van der Waals surface area contributed by atoms with Crippen molar-refractivity contribution in [3.05, 3.63) is 12.3 Å². The molecule has 8 heteroatoms. The fourth-order valence-electron chi connectivity index (χ4n) is 6.94. The number of amides is 1. The molecule has 5 rings (SSSR count). The molecule has 2 atom stereocenters. The van der Waals surface area contributed by atoms with Gasteiger partial charge < -0.3 is 20.9 Å². The van der Waals surface area contributed by atoms with Gasteiger partial charge in [0.05, 0.1) is 0 Å². The molecule has 0 spiro atoms. The molecule has 1 aromatic rings. The first-order chi connectivity index (χ1) is 17.8. The van der Waals surface area contributed by atoms with E-state index in [1.807, 2.05) is 6.20 Å². The van der Waals surface area contributed by atoms with Crippen LogP contribution in [0, 0.1) is 5.92 Å². The van der Waals surface area contributed by atoms with Gasteiger partial charge in [0.2, 0.25) is 11.9 Å². The zero-order valence-electron chi connectivity index (χ0n) is 22.1. The summed E-state index contributed by atoms with van der Waals surface area (Å²) in [4.78, 5) is 27.5. The molecule has 200 valence electrons. The maximum atomic E-state index is 12.8. The molecular formula is C28H47N7O. The minimum absolute atomic E-state index is 0.173. The van der Waals surface area contributed by atoms with Crippen LogP contribution in [0.5, 0.6) is 0 Å². The third kappa shape index (κ3) is 6.68. The molecule has 4 fully saturated rings. The molecule has 1 aliphatic carbocycles. The van der Waals surface area contributed by atoms with E-state index >= 15 is 0 Å². The Hall–Kier alpha value is -1.93. The third-order valence-electron chi connectivity index (χ3n) is 8.95. The van der Waals surface area contributed by atoms with Crippen LogP contribution in [0.3, 0.4) is 0 Å². The molecule has 4 heterocycles. The van der Waals surface area contributed by atoms with Gasteiger partial charge in [0.25, 0.3) is 0 Å². The van der Waals surface area contributed by atoms with Crippen LogP contribution < -0.4 is 20.9 Å². The Morgan fingerprint density at radius 3 is 2.53 bits per heavy atom. The number of carbonyl (C=O) groups excluding carboxylic acids is 1. The molecule has 0 radical (unpaired) electrons. The summed E-state index contributed by atoms with van der Waals surface area (Å²) >= 11 is 0. The molecule has 0 aromatic carbocycles. The Morgan fingerprint density at radius 2 is 1.72 bits per heavy atom. The van der Waals surface area contributed by atoms with Crippen LogP contribution in [0.4, 0.5) is 11.8 Å². The van der Waals surface area contributed by atoms with Gasteiger partial charge in [-0.05, 0) is 89.9 Å². The quantitative estimate of drug-likeness (QED) is 0.506. The first-order valence-electron chi connectivity index (χ1n) is 14.9. The second-order valence-corrected chi connectivity index (χ2v) is 11.4. The number of piperidine rings is 3. The highest BCUT2D eigenvalue weighted by Crippen LogP contribution is 2.31. The van der Waals surface area contributed by atoms with Gasteiger partial charge in [-0.1, -0.05) is 19.3 Å². The van der Waals surface area contributed by atoms with Gasteiger partial charge >= 0.3 is 0 Å². The fraction of sp³-hybridized carbons (Fsp3) is 0.821. The van der Waals surface area contributed by atoms with Crippen molar-refractivity contribution in [2.45, 2.75) is 102 Å². The number of hydrogen-bond acceptors (Lipinski definition) is 7. The maximum absolute atomic E-state index is 12.8. The number of aromatic nitrogens is 2. The second-order valence-electron chi connectivity index (χ2n) is 11.4. The molecule has 1 saturated carbocycles. The summed E-state index contributed by atoms with van der Waals surface area (Å²) in [6.07, 6.45) is 17.7. The lowest BCUT2D eigenvalue weighted by atomic mass is 9.87. The van der Waals surface area contributed by atoms with Crippen molar-refractivity contribution in [3.63, 3.8) is 0 Å². The van der Waals surface area contributed by atoms with E-state index in [0.717, 1.165) is 70.2 Å². The summed E-state index contributed by atoms with van der Waals surface area (Å²) < 4.78 is 0. The van der Waals surface area contributed by atoms with E-state index in [2.05, 4.69) is 36.8 Å². The lowest BCUT2D eigenvalue weighted by molar-refractivity contribution is -0.125. The number of anilines is 2. The Balaban J connectivity index is 1.25. The normalized spacial score (nSPS) is 27.1. The van der Waals surface area contributed by atoms with Crippen LogP contribution in [0.1, 0.15) is 83.5 Å². The highest BCUT2D eigenvalue weighted by Gasteiger charge is 2.36. The molecule has 0 bridgehead atoms. The smallest absolute Gasteiger partial charge is 0.224 e. The number of carbonyl (C=O) groups is 1. The van der Waals surface area contributed by atoms with Gasteiger partial charge in [-0.15, -0.1) is 0 Å². The number of hydrogen-bond donors (Lipinski definition) is 3. The Labute approximate surface area is 217 Å². The monoisotopic (exact) mass is 497 g/mol. The maximum Gasteiger partial charge on any atom is 0.224 e. The summed E-state index contributed by atoms with van der Waals surface area (Å²) in [7, 11) is 0. The average molecular weight is 498 g/mol. The second kappa shape index (κ2) is 13.0. The SMILES string of the molecule is O=C(NCCC1C(Nc2nccc(N3CCCCC3)n2)CCCN1C1CCCCC1)C1CCNCC1. The van der Waals surface area contributed by atoms with Crippen molar-refractivity contribution < 1.29 is 4.79 Å². The van der Waals surface area contributed by atoms with Crippen molar-refractivity contribution >= 4 is 17.7 Å². The molecule has 3 aliphatic heterocycles. The van der Waals surface area contributed by atoms with Crippen molar-refractivity contribution in [1.29, 1.82) is 0 Å². The van der Waals surface area contributed by atoms with Gasteiger partial charge in [0, 0.05) is 49.9 Å². The summed E-state index contributed by atoms with van der Waals surface area (Å²) in [6.45, 7) is 6.02. The lowest BCUT2D eigenvalue weighted by Gasteiger charge is -2.47. The zero-order chi connectivity index (χ0) is 24.6. The standard InChI is InChI=1S/C28H47N7O/c36-27(22-11-15-29-16-12-22)30-17-13-25-24(10-7-21-35(25)23-8-3-1-4-9-23)32-28-31-18-14-26(33-28)34-19-5-2-6-20-34/h14,18,22-25,29H,1-13,15-17,19-21H2,(H,30,36)(H,31,32,33). The average Bonchev–Trinajstić information content (AvgIpc) is 2.95. The van der Waals surface area contributed by atoms with Crippen LogP contribution in [0.25, 0.3) is 0 Å². The predicted octanol–water partition coefficient (Wildman–Crippen LogP) is 3.55. The van der Waals surface area contributed by atoms with E-state index in [0.29, 0.717) is 18.1 Å².